The van der Waals surface area contributed by atoms with E-state index >= 15 is 0 Å². The Kier molecular flexibility index (Phi) is 5.67. The van der Waals surface area contributed by atoms with E-state index < -0.39 is 5.97 Å². The van der Waals surface area contributed by atoms with Gasteiger partial charge in [-0.05, 0) is 53.6 Å². The van der Waals surface area contributed by atoms with E-state index in [2.05, 4.69) is 17.2 Å². The number of fused-ring (bicyclic) bond motifs is 1. The summed E-state index contributed by atoms with van der Waals surface area (Å²) >= 11 is 0. The predicted octanol–water partition coefficient (Wildman–Crippen LogP) is 7.22. The highest BCUT2D eigenvalue weighted by Crippen LogP contribution is 2.30. The van der Waals surface area contributed by atoms with Crippen LogP contribution < -0.4 is 4.74 Å². The zero-order valence-corrected chi connectivity index (χ0v) is 19.7. The van der Waals surface area contributed by atoms with Crippen molar-refractivity contribution in [1.29, 1.82) is 0 Å². The topological polar surface area (TPSA) is 76.7 Å². The molecule has 2 aromatic heterocycles. The van der Waals surface area contributed by atoms with E-state index in [1.165, 1.54) is 6.07 Å². The van der Waals surface area contributed by atoms with Gasteiger partial charge >= 0.3 is 5.97 Å². The van der Waals surface area contributed by atoms with Crippen LogP contribution in [0, 0.1) is 0 Å². The van der Waals surface area contributed by atoms with Crippen LogP contribution in [0.4, 0.5) is 0 Å². The first-order valence-corrected chi connectivity index (χ1v) is 11.8. The molecule has 0 unspecified atom stereocenters. The number of benzene rings is 4. The highest BCUT2D eigenvalue weighted by Gasteiger charge is 2.16. The highest BCUT2D eigenvalue weighted by molar-refractivity contribution is 5.87. The summed E-state index contributed by atoms with van der Waals surface area (Å²) in [6.07, 6.45) is 0. The van der Waals surface area contributed by atoms with Crippen LogP contribution in [0.5, 0.6) is 11.5 Å². The molecule has 0 aliphatic rings. The summed E-state index contributed by atoms with van der Waals surface area (Å²) < 4.78 is 7.49. The van der Waals surface area contributed by atoms with Gasteiger partial charge in [0, 0.05) is 17.2 Å². The number of carboxylic acids is 1. The molecule has 0 radical (unpaired) electrons. The quantitative estimate of drug-likeness (QED) is 0.271. The molecule has 6 heteroatoms. The van der Waals surface area contributed by atoms with Gasteiger partial charge in [-0.2, -0.15) is 5.10 Å². The summed E-state index contributed by atoms with van der Waals surface area (Å²) in [7, 11) is 0. The standard InChI is InChI=1S/C31H21N3O3/c35-31(36)28-20-30-32-27(23-15-17-26(18-16-23)37-25-9-5-2-6-10-25)19-29(34(30)33-28)24-13-11-22(12-14-24)21-7-3-1-4-8-21/h1-20H,(H,35,36). The maximum atomic E-state index is 11.6. The maximum absolute atomic E-state index is 11.6. The van der Waals surface area contributed by atoms with Crippen LogP contribution in [0.15, 0.2) is 121 Å². The number of rotatable bonds is 6. The van der Waals surface area contributed by atoms with Gasteiger partial charge in [0.25, 0.3) is 0 Å². The van der Waals surface area contributed by atoms with E-state index in [4.69, 9.17) is 9.72 Å². The number of hydrogen-bond acceptors (Lipinski definition) is 4. The van der Waals surface area contributed by atoms with E-state index in [0.717, 1.165) is 33.7 Å². The zero-order valence-electron chi connectivity index (χ0n) is 19.7. The lowest BCUT2D eigenvalue weighted by atomic mass is 10.0. The molecule has 6 aromatic rings. The first-order chi connectivity index (χ1) is 18.1. The van der Waals surface area contributed by atoms with Crippen LogP contribution in [-0.4, -0.2) is 25.7 Å². The summed E-state index contributed by atoms with van der Waals surface area (Å²) in [6, 6.07) is 38.9. The van der Waals surface area contributed by atoms with Crippen molar-refractivity contribution in [2.24, 2.45) is 0 Å². The van der Waals surface area contributed by atoms with Crippen molar-refractivity contribution in [2.75, 3.05) is 0 Å². The Labute approximate surface area is 213 Å². The summed E-state index contributed by atoms with van der Waals surface area (Å²) in [5.41, 5.74) is 5.85. The number of para-hydroxylation sites is 1. The Morgan fingerprint density at radius 2 is 1.22 bits per heavy atom. The SMILES string of the molecule is O=C(O)c1cc2nc(-c3ccc(Oc4ccccc4)cc3)cc(-c3ccc(-c4ccccc4)cc3)n2n1. The number of hydrogen-bond donors (Lipinski definition) is 1. The Morgan fingerprint density at radius 3 is 1.89 bits per heavy atom. The van der Waals surface area contributed by atoms with Gasteiger partial charge in [0.1, 0.15) is 11.5 Å². The fraction of sp³-hybridized carbons (Fsp3) is 0. The fourth-order valence-corrected chi connectivity index (χ4v) is 4.21. The minimum absolute atomic E-state index is 0.0570. The second-order valence-electron chi connectivity index (χ2n) is 8.51. The highest BCUT2D eigenvalue weighted by atomic mass is 16.5. The summed E-state index contributed by atoms with van der Waals surface area (Å²) in [4.78, 5) is 16.4. The third-order valence-corrected chi connectivity index (χ3v) is 6.06. The van der Waals surface area contributed by atoms with Gasteiger partial charge in [0.05, 0.1) is 11.4 Å². The number of aromatic nitrogens is 3. The molecular weight excluding hydrogens is 462 g/mol. The van der Waals surface area contributed by atoms with Crippen molar-refractivity contribution >= 4 is 11.6 Å². The Balaban J connectivity index is 1.40. The third-order valence-electron chi connectivity index (χ3n) is 6.06. The zero-order chi connectivity index (χ0) is 25.2. The lowest BCUT2D eigenvalue weighted by Gasteiger charge is -2.10. The minimum atomic E-state index is -1.10. The van der Waals surface area contributed by atoms with E-state index in [9.17, 15) is 9.90 Å². The second-order valence-corrected chi connectivity index (χ2v) is 8.51. The molecule has 6 nitrogen and oxygen atoms in total. The monoisotopic (exact) mass is 483 g/mol. The molecule has 0 amide bonds. The van der Waals surface area contributed by atoms with Crippen LogP contribution >= 0.6 is 0 Å². The van der Waals surface area contributed by atoms with Crippen LogP contribution in [0.1, 0.15) is 10.5 Å². The molecule has 1 N–H and O–H groups in total. The lowest BCUT2D eigenvalue weighted by molar-refractivity contribution is 0.0690. The van der Waals surface area contributed by atoms with Gasteiger partial charge in [-0.15, -0.1) is 0 Å². The Hall–Kier alpha value is -5.23. The molecule has 0 atom stereocenters. The van der Waals surface area contributed by atoms with Crippen LogP contribution in [-0.2, 0) is 0 Å². The van der Waals surface area contributed by atoms with E-state index in [0.29, 0.717) is 17.1 Å². The minimum Gasteiger partial charge on any atom is -0.476 e. The smallest absolute Gasteiger partial charge is 0.356 e. The van der Waals surface area contributed by atoms with Crippen molar-refractivity contribution in [3.05, 3.63) is 127 Å². The van der Waals surface area contributed by atoms with E-state index in [1.54, 1.807) is 4.52 Å². The second kappa shape index (κ2) is 9.43. The molecule has 0 fully saturated rings. The normalized spacial score (nSPS) is 10.9. The number of carboxylic acid groups (broad SMARTS) is 1. The number of nitrogens with zero attached hydrogens (tertiary/aromatic N) is 3. The molecule has 37 heavy (non-hydrogen) atoms. The molecule has 178 valence electrons. The van der Waals surface area contributed by atoms with Gasteiger partial charge in [-0.3, -0.25) is 0 Å². The predicted molar refractivity (Wildman–Crippen MR) is 143 cm³/mol. The van der Waals surface area contributed by atoms with E-state index in [-0.39, 0.29) is 5.69 Å². The number of aromatic carboxylic acids is 1. The summed E-state index contributed by atoms with van der Waals surface area (Å²) in [5, 5.41) is 13.8. The maximum Gasteiger partial charge on any atom is 0.356 e. The fourth-order valence-electron chi connectivity index (χ4n) is 4.21. The van der Waals surface area contributed by atoms with Gasteiger partial charge in [-0.25, -0.2) is 14.3 Å². The van der Waals surface area contributed by atoms with Crippen molar-refractivity contribution < 1.29 is 14.6 Å². The first-order valence-electron chi connectivity index (χ1n) is 11.8. The first kappa shape index (κ1) is 22.2. The molecule has 0 saturated carbocycles. The molecule has 4 aromatic carbocycles. The molecule has 2 heterocycles. The van der Waals surface area contributed by atoms with Crippen molar-refractivity contribution in [3.8, 4) is 45.1 Å². The lowest BCUT2D eigenvalue weighted by Crippen LogP contribution is -2.01. The molecule has 0 bridgehead atoms. The van der Waals surface area contributed by atoms with Crippen molar-refractivity contribution in [1.82, 2.24) is 14.6 Å². The molecule has 6 rings (SSSR count). The van der Waals surface area contributed by atoms with Gasteiger partial charge in [-0.1, -0.05) is 72.8 Å². The third kappa shape index (κ3) is 4.56. The molecule has 0 aliphatic heterocycles. The number of ether oxygens (including phenoxy) is 1. The molecule has 0 spiro atoms. The Morgan fingerprint density at radius 1 is 0.649 bits per heavy atom. The largest absolute Gasteiger partial charge is 0.476 e. The van der Waals surface area contributed by atoms with Crippen LogP contribution in [0.2, 0.25) is 0 Å². The average Bonchev–Trinajstić information content (AvgIpc) is 3.39. The van der Waals surface area contributed by atoms with Crippen molar-refractivity contribution in [2.45, 2.75) is 0 Å². The molecule has 0 saturated heterocycles. The molecular formula is C31H21N3O3. The molecule has 0 aliphatic carbocycles. The number of carbonyl (C=O) groups is 1. The van der Waals surface area contributed by atoms with Gasteiger partial charge in [0.15, 0.2) is 11.3 Å². The van der Waals surface area contributed by atoms with Gasteiger partial charge < -0.3 is 9.84 Å². The van der Waals surface area contributed by atoms with E-state index in [1.807, 2.05) is 103 Å². The van der Waals surface area contributed by atoms with Crippen LogP contribution in [0.25, 0.3) is 39.3 Å². The van der Waals surface area contributed by atoms with Crippen molar-refractivity contribution in [3.63, 3.8) is 0 Å². The summed E-state index contributed by atoms with van der Waals surface area (Å²) in [6.45, 7) is 0. The summed E-state index contributed by atoms with van der Waals surface area (Å²) in [5.74, 6) is 0.376. The Bertz CT molecular complexity index is 1690. The van der Waals surface area contributed by atoms with Gasteiger partial charge in [0.2, 0.25) is 0 Å². The average molecular weight is 484 g/mol. The van der Waals surface area contributed by atoms with Crippen LogP contribution in [0.3, 0.4) is 0 Å².